The maximum Gasteiger partial charge on any atom is 0.328 e. The van der Waals surface area contributed by atoms with E-state index in [1.807, 2.05) is 6.92 Å². The molecule has 1 aromatic heterocycles. The second-order valence-corrected chi connectivity index (χ2v) is 4.50. The number of aromatic amines is 1. The summed E-state index contributed by atoms with van der Waals surface area (Å²) >= 11 is 0. The Morgan fingerprint density at radius 1 is 1.58 bits per heavy atom. The summed E-state index contributed by atoms with van der Waals surface area (Å²) in [5.41, 5.74) is 7.16. The topological polar surface area (TPSA) is 101 Å². The van der Waals surface area contributed by atoms with Gasteiger partial charge in [-0.25, -0.2) is 4.79 Å². The molecule has 2 heterocycles. The number of esters is 1. The Bertz CT molecular complexity index is 497. The Hall–Kier alpha value is -2.05. The molecular formula is C12H18N4O3. The number of nitrogens with zero attached hydrogens (tertiary/aromatic N) is 2. The zero-order valence-electron chi connectivity index (χ0n) is 11.1. The molecule has 0 aromatic carbocycles. The molecule has 1 aromatic rings. The molecule has 0 radical (unpaired) electrons. The van der Waals surface area contributed by atoms with Crippen LogP contribution in [0.25, 0.3) is 0 Å². The molecule has 1 amide bonds. The van der Waals surface area contributed by atoms with Gasteiger partial charge in [0.05, 0.1) is 18.5 Å². The van der Waals surface area contributed by atoms with Gasteiger partial charge in [0.25, 0.3) is 5.91 Å². The number of H-pyrrole nitrogens is 1. The first-order valence-electron chi connectivity index (χ1n) is 6.31. The second-order valence-electron chi connectivity index (χ2n) is 4.50. The number of ether oxygens (including phenoxy) is 1. The van der Waals surface area contributed by atoms with Crippen molar-refractivity contribution in [2.75, 3.05) is 19.4 Å². The lowest BCUT2D eigenvalue weighted by Crippen LogP contribution is -2.41. The summed E-state index contributed by atoms with van der Waals surface area (Å²) in [7, 11) is 1.32. The van der Waals surface area contributed by atoms with E-state index in [2.05, 4.69) is 10.2 Å². The van der Waals surface area contributed by atoms with Crippen LogP contribution in [0.5, 0.6) is 0 Å². The van der Waals surface area contributed by atoms with Crippen LogP contribution in [0, 0.1) is 0 Å². The van der Waals surface area contributed by atoms with Crippen molar-refractivity contribution in [2.45, 2.75) is 32.2 Å². The molecule has 1 atom stereocenters. The second kappa shape index (κ2) is 5.29. The van der Waals surface area contributed by atoms with Crippen molar-refractivity contribution in [1.82, 2.24) is 15.1 Å². The average Bonchev–Trinajstić information content (AvgIpc) is 3.03. The number of hydrogen-bond acceptors (Lipinski definition) is 5. The van der Waals surface area contributed by atoms with E-state index in [9.17, 15) is 9.59 Å². The smallest absolute Gasteiger partial charge is 0.328 e. The molecule has 1 saturated heterocycles. The molecule has 0 aliphatic carbocycles. The van der Waals surface area contributed by atoms with E-state index in [1.54, 1.807) is 0 Å². The lowest BCUT2D eigenvalue weighted by Gasteiger charge is -2.21. The number of anilines is 1. The zero-order chi connectivity index (χ0) is 14.0. The molecule has 0 spiro atoms. The summed E-state index contributed by atoms with van der Waals surface area (Å²) in [6, 6.07) is -0.529. The molecule has 0 saturated carbocycles. The number of aromatic nitrogens is 2. The van der Waals surface area contributed by atoms with E-state index < -0.39 is 12.0 Å². The van der Waals surface area contributed by atoms with Gasteiger partial charge in [0.1, 0.15) is 6.04 Å². The van der Waals surface area contributed by atoms with Crippen LogP contribution in [0.3, 0.4) is 0 Å². The first-order chi connectivity index (χ1) is 9.10. The predicted octanol–water partition coefficient (Wildman–Crippen LogP) is 0.332. The molecular weight excluding hydrogens is 248 g/mol. The fourth-order valence-electron chi connectivity index (χ4n) is 2.35. The molecule has 1 fully saturated rings. The van der Waals surface area contributed by atoms with Crippen molar-refractivity contribution in [1.29, 1.82) is 0 Å². The highest BCUT2D eigenvalue weighted by atomic mass is 16.5. The van der Waals surface area contributed by atoms with Gasteiger partial charge >= 0.3 is 5.97 Å². The van der Waals surface area contributed by atoms with E-state index in [-0.39, 0.29) is 11.6 Å². The SMILES string of the molecule is CCc1[nH]nc(C(=O)N2CCCC2C(=O)OC)c1N. The van der Waals surface area contributed by atoms with E-state index in [0.717, 1.165) is 12.1 Å². The predicted molar refractivity (Wildman–Crippen MR) is 68.5 cm³/mol. The van der Waals surface area contributed by atoms with Crippen molar-refractivity contribution >= 4 is 17.6 Å². The van der Waals surface area contributed by atoms with Crippen LogP contribution < -0.4 is 5.73 Å². The average molecular weight is 266 g/mol. The summed E-state index contributed by atoms with van der Waals surface area (Å²) in [4.78, 5) is 25.5. The maximum absolute atomic E-state index is 12.4. The van der Waals surface area contributed by atoms with E-state index >= 15 is 0 Å². The molecule has 1 unspecified atom stereocenters. The van der Waals surface area contributed by atoms with Gasteiger partial charge in [0, 0.05) is 6.54 Å². The van der Waals surface area contributed by atoms with Gasteiger partial charge in [-0.15, -0.1) is 0 Å². The number of hydrogen-bond donors (Lipinski definition) is 2. The minimum Gasteiger partial charge on any atom is -0.467 e. The molecule has 1 aliphatic rings. The number of methoxy groups -OCH3 is 1. The maximum atomic E-state index is 12.4. The van der Waals surface area contributed by atoms with Gasteiger partial charge in [-0.05, 0) is 19.3 Å². The van der Waals surface area contributed by atoms with Crippen LogP contribution in [-0.2, 0) is 16.0 Å². The quantitative estimate of drug-likeness (QED) is 0.768. The summed E-state index contributed by atoms with van der Waals surface area (Å²) in [5, 5.41) is 6.70. The highest BCUT2D eigenvalue weighted by molar-refractivity contribution is 5.99. The first-order valence-corrected chi connectivity index (χ1v) is 6.31. The van der Waals surface area contributed by atoms with Gasteiger partial charge < -0.3 is 15.4 Å². The Morgan fingerprint density at radius 2 is 2.32 bits per heavy atom. The Balaban J connectivity index is 2.23. The Morgan fingerprint density at radius 3 is 2.89 bits per heavy atom. The Kier molecular flexibility index (Phi) is 3.73. The van der Waals surface area contributed by atoms with E-state index in [0.29, 0.717) is 25.1 Å². The normalized spacial score (nSPS) is 18.6. The number of amides is 1. The van der Waals surface area contributed by atoms with Crippen LogP contribution in [0.4, 0.5) is 5.69 Å². The third-order valence-corrected chi connectivity index (χ3v) is 3.43. The van der Waals surface area contributed by atoms with Crippen LogP contribution >= 0.6 is 0 Å². The van der Waals surface area contributed by atoms with E-state index in [4.69, 9.17) is 10.5 Å². The number of rotatable bonds is 3. The molecule has 1 aliphatic heterocycles. The number of nitrogens with one attached hydrogen (secondary N) is 1. The third-order valence-electron chi connectivity index (χ3n) is 3.43. The lowest BCUT2D eigenvalue weighted by molar-refractivity contribution is -0.145. The number of aryl methyl sites for hydroxylation is 1. The largest absolute Gasteiger partial charge is 0.467 e. The zero-order valence-corrected chi connectivity index (χ0v) is 11.1. The lowest BCUT2D eigenvalue weighted by atomic mass is 10.2. The van der Waals surface area contributed by atoms with Crippen molar-refractivity contribution in [2.24, 2.45) is 0 Å². The number of carbonyl (C=O) groups is 2. The van der Waals surface area contributed by atoms with E-state index in [1.165, 1.54) is 12.0 Å². The number of likely N-dealkylation sites (tertiary alicyclic amines) is 1. The molecule has 2 rings (SSSR count). The fraction of sp³-hybridized carbons (Fsp3) is 0.583. The van der Waals surface area contributed by atoms with Crippen LogP contribution in [0.15, 0.2) is 0 Å². The van der Waals surface area contributed by atoms with Crippen LogP contribution in [-0.4, -0.2) is 46.7 Å². The van der Waals surface area contributed by atoms with Crippen LogP contribution in [0.1, 0.15) is 35.9 Å². The molecule has 0 bridgehead atoms. The summed E-state index contributed by atoms with van der Waals surface area (Å²) in [6.45, 7) is 2.44. The Labute approximate surface area is 111 Å². The summed E-state index contributed by atoms with van der Waals surface area (Å²) < 4.78 is 4.71. The standard InChI is InChI=1S/C12H18N4O3/c1-3-7-9(13)10(15-14-7)11(17)16-6-4-5-8(16)12(18)19-2/h8H,3-6,13H2,1-2H3,(H,14,15). The molecule has 19 heavy (non-hydrogen) atoms. The van der Waals surface area contributed by atoms with Gasteiger partial charge in [0.2, 0.25) is 0 Å². The minimum atomic E-state index is -0.529. The van der Waals surface area contributed by atoms with Crippen molar-refractivity contribution in [3.05, 3.63) is 11.4 Å². The van der Waals surface area contributed by atoms with Crippen LogP contribution in [0.2, 0.25) is 0 Å². The molecule has 7 heteroatoms. The van der Waals surface area contributed by atoms with Crippen molar-refractivity contribution < 1.29 is 14.3 Å². The van der Waals surface area contributed by atoms with Gasteiger partial charge in [-0.2, -0.15) is 5.10 Å². The highest BCUT2D eigenvalue weighted by Gasteiger charge is 2.37. The molecule has 3 N–H and O–H groups in total. The summed E-state index contributed by atoms with van der Waals surface area (Å²) in [6.07, 6.45) is 2.06. The van der Waals surface area contributed by atoms with Gasteiger partial charge in [0.15, 0.2) is 5.69 Å². The van der Waals surface area contributed by atoms with Gasteiger partial charge in [-0.3, -0.25) is 9.89 Å². The fourth-order valence-corrected chi connectivity index (χ4v) is 2.35. The number of nitrogens with two attached hydrogens (primary N) is 1. The third kappa shape index (κ3) is 2.27. The van der Waals surface area contributed by atoms with Crippen molar-refractivity contribution in [3.8, 4) is 0 Å². The highest BCUT2D eigenvalue weighted by Crippen LogP contribution is 2.23. The van der Waals surface area contributed by atoms with Gasteiger partial charge in [-0.1, -0.05) is 6.92 Å². The monoisotopic (exact) mass is 266 g/mol. The summed E-state index contributed by atoms with van der Waals surface area (Å²) in [5.74, 6) is -0.711. The number of nitrogen functional groups attached to an aromatic ring is 1. The molecule has 7 nitrogen and oxygen atoms in total. The first kappa shape index (κ1) is 13.4. The molecule has 104 valence electrons. The van der Waals surface area contributed by atoms with Crippen molar-refractivity contribution in [3.63, 3.8) is 0 Å². The minimum absolute atomic E-state index is 0.188. The number of carbonyl (C=O) groups excluding carboxylic acids is 2.